The number of hydrogen-bond donors (Lipinski definition) is 0. The molecule has 0 nitrogen and oxygen atoms in total. The molecule has 42 heavy (non-hydrogen) atoms. The van der Waals surface area contributed by atoms with Gasteiger partial charge < -0.3 is 0 Å². The molecule has 0 bridgehead atoms. The fourth-order valence-corrected chi connectivity index (χ4v) is 11.8. The van der Waals surface area contributed by atoms with Crippen LogP contribution in [0.1, 0.15) is 70.8 Å². The van der Waals surface area contributed by atoms with E-state index in [2.05, 4.69) is 76.3 Å². The molecule has 0 unspecified atom stereocenters. The zero-order valence-corrected chi connectivity index (χ0v) is 28.3. The van der Waals surface area contributed by atoms with E-state index in [1.165, 1.54) is 41.4 Å². The molecule has 0 atom stereocenters. The summed E-state index contributed by atoms with van der Waals surface area (Å²) >= 11 is 27.4. The number of fused-ring (bicyclic) bond motifs is 7. The van der Waals surface area contributed by atoms with Crippen molar-refractivity contribution in [2.75, 3.05) is 0 Å². The number of rotatable bonds is 2. The van der Waals surface area contributed by atoms with Gasteiger partial charge in [0.25, 0.3) is 0 Å². The van der Waals surface area contributed by atoms with Gasteiger partial charge in [-0.05, 0) is 46.6 Å². The molecule has 8 rings (SSSR count). The van der Waals surface area contributed by atoms with Crippen molar-refractivity contribution in [3.8, 4) is 0 Å². The van der Waals surface area contributed by atoms with Crippen LogP contribution in [0, 0.1) is 0 Å². The molecule has 0 aliphatic heterocycles. The number of allylic oxidation sites excluding steroid dienone is 6. The third-order valence-electron chi connectivity index (χ3n) is 9.25. The molecule has 2 aromatic heterocycles. The van der Waals surface area contributed by atoms with Crippen LogP contribution in [0.25, 0.3) is 21.6 Å². The minimum atomic E-state index is -0.147. The molecule has 0 spiro atoms. The molecule has 0 saturated heterocycles. The van der Waals surface area contributed by atoms with E-state index < -0.39 is 0 Å². The summed E-state index contributed by atoms with van der Waals surface area (Å²) in [6.45, 7) is 9.35. The largest absolute Gasteiger partial charge is 0.134 e. The molecule has 0 radical (unpaired) electrons. The van der Waals surface area contributed by atoms with Crippen LogP contribution in [-0.2, 0) is 10.8 Å². The van der Waals surface area contributed by atoms with E-state index in [9.17, 15) is 0 Å². The van der Waals surface area contributed by atoms with Gasteiger partial charge in [-0.3, -0.25) is 0 Å². The fraction of sp³-hybridized carbons (Fsp3) is 0.167. The van der Waals surface area contributed by atoms with Crippen molar-refractivity contribution in [2.45, 2.75) is 38.5 Å². The summed E-state index contributed by atoms with van der Waals surface area (Å²) < 4.78 is 2.81. The Hall–Kier alpha value is -2.58. The summed E-state index contributed by atoms with van der Waals surface area (Å²) in [6, 6.07) is 16.5. The Morgan fingerprint density at radius 2 is 0.833 bits per heavy atom. The first-order valence-electron chi connectivity index (χ1n) is 13.8. The highest BCUT2D eigenvalue weighted by atomic mass is 32.1. The maximum Gasteiger partial charge on any atom is 0.0543 e. The summed E-state index contributed by atoms with van der Waals surface area (Å²) in [4.78, 5) is 6.14. The molecule has 0 N–H and O–H groups in total. The Balaban J connectivity index is 1.18. The van der Waals surface area contributed by atoms with Crippen molar-refractivity contribution >= 4 is 113 Å². The predicted molar refractivity (Wildman–Crippen MR) is 198 cm³/mol. The Kier molecular flexibility index (Phi) is 5.77. The van der Waals surface area contributed by atoms with Gasteiger partial charge in [0.2, 0.25) is 0 Å². The standard InChI is InChI=1S/C36H24S6/c1-35(2)17(13-23-29(37)19-9-5-6-10-20(19)30(23)38)15-25-27(35)33-34(41-25)28-26(42-33)16-18(36(28,3)4)14-24-31(39)21-11-7-8-12-22(21)32(24)40/h5-16H,1-4H3. The molecular formula is C36H24S6. The lowest BCUT2D eigenvalue weighted by molar-refractivity contribution is 0.660. The Morgan fingerprint density at radius 1 is 0.524 bits per heavy atom. The molecule has 4 aliphatic carbocycles. The van der Waals surface area contributed by atoms with Crippen molar-refractivity contribution in [2.24, 2.45) is 0 Å². The Morgan fingerprint density at radius 3 is 1.14 bits per heavy atom. The third-order valence-corrected chi connectivity index (χ3v) is 13.5. The second-order valence-electron chi connectivity index (χ2n) is 12.3. The second-order valence-corrected chi connectivity index (χ2v) is 16.1. The van der Waals surface area contributed by atoms with E-state index in [4.69, 9.17) is 48.9 Å². The van der Waals surface area contributed by atoms with Crippen LogP contribution >= 0.6 is 71.5 Å². The van der Waals surface area contributed by atoms with Crippen LogP contribution in [0.2, 0.25) is 0 Å². The zero-order chi connectivity index (χ0) is 29.3. The SMILES string of the molecule is CC1(C)C(C=C2C(=S)c3ccccc3C2=S)=Cc2sc3c4c(sc3c21)C=C(C=C1C(=S)c2ccccc2C1=S)C4(C)C. The smallest absolute Gasteiger partial charge is 0.0543 e. The van der Waals surface area contributed by atoms with E-state index in [-0.39, 0.29) is 10.8 Å². The first-order valence-corrected chi connectivity index (χ1v) is 17.1. The minimum Gasteiger partial charge on any atom is -0.134 e. The monoisotopic (exact) mass is 648 g/mol. The minimum absolute atomic E-state index is 0.147. The predicted octanol–water partition coefficient (Wildman–Crippen LogP) is 10.5. The fourth-order valence-electron chi connectivity index (χ4n) is 6.85. The van der Waals surface area contributed by atoms with Crippen LogP contribution < -0.4 is 0 Å². The third kappa shape index (κ3) is 3.48. The number of thiophene rings is 2. The highest BCUT2D eigenvalue weighted by Gasteiger charge is 2.42. The summed E-state index contributed by atoms with van der Waals surface area (Å²) in [5, 5.41) is 0. The lowest BCUT2D eigenvalue weighted by Crippen LogP contribution is -2.17. The molecular weight excluding hydrogens is 625 g/mol. The molecule has 4 aromatic rings. The molecule has 6 heteroatoms. The summed E-state index contributed by atoms with van der Waals surface area (Å²) in [5.74, 6) is 0. The van der Waals surface area contributed by atoms with Crippen LogP contribution in [-0.4, -0.2) is 19.5 Å². The molecule has 0 amide bonds. The lowest BCUT2D eigenvalue weighted by Gasteiger charge is -2.23. The topological polar surface area (TPSA) is 0 Å². The van der Waals surface area contributed by atoms with Gasteiger partial charge in [0.1, 0.15) is 0 Å². The molecule has 0 saturated carbocycles. The average molecular weight is 649 g/mol. The quantitative estimate of drug-likeness (QED) is 0.157. The van der Waals surface area contributed by atoms with Crippen molar-refractivity contribution in [1.82, 2.24) is 0 Å². The Labute approximate surface area is 275 Å². The average Bonchev–Trinajstić information content (AvgIpc) is 3.72. The molecule has 204 valence electrons. The van der Waals surface area contributed by atoms with E-state index in [1.807, 2.05) is 46.9 Å². The molecule has 4 aliphatic rings. The maximum absolute atomic E-state index is 5.89. The first-order chi connectivity index (χ1) is 20.0. The van der Waals surface area contributed by atoms with Crippen molar-refractivity contribution < 1.29 is 0 Å². The summed E-state index contributed by atoms with van der Waals surface area (Å²) in [6.07, 6.45) is 9.24. The van der Waals surface area contributed by atoms with Gasteiger partial charge in [-0.1, -0.05) is 125 Å². The van der Waals surface area contributed by atoms with Gasteiger partial charge in [0.05, 0.1) is 28.9 Å². The van der Waals surface area contributed by atoms with E-state index >= 15 is 0 Å². The number of benzene rings is 2. The molecule has 2 heterocycles. The number of thiocarbonyl (C=S) groups is 4. The molecule has 2 aromatic carbocycles. The van der Waals surface area contributed by atoms with Crippen molar-refractivity contribution in [3.63, 3.8) is 0 Å². The normalized spacial score (nSPS) is 19.2. The summed E-state index contributed by atoms with van der Waals surface area (Å²) in [5.41, 5.74) is 11.4. The first kappa shape index (κ1) is 27.0. The van der Waals surface area contributed by atoms with Crippen molar-refractivity contribution in [3.05, 3.63) is 126 Å². The van der Waals surface area contributed by atoms with E-state index in [1.54, 1.807) is 0 Å². The van der Waals surface area contributed by atoms with Crippen LogP contribution in [0.4, 0.5) is 0 Å². The van der Waals surface area contributed by atoms with Gasteiger partial charge in [0.15, 0.2) is 0 Å². The van der Waals surface area contributed by atoms with Gasteiger partial charge in [-0.2, -0.15) is 0 Å². The lowest BCUT2D eigenvalue weighted by atomic mass is 9.79. The number of hydrogen-bond acceptors (Lipinski definition) is 6. The van der Waals surface area contributed by atoms with E-state index in [0.29, 0.717) is 0 Å². The second kappa shape index (κ2) is 8.98. The van der Waals surface area contributed by atoms with E-state index in [0.717, 1.165) is 52.9 Å². The molecule has 0 fully saturated rings. The van der Waals surface area contributed by atoms with Crippen LogP contribution in [0.15, 0.2) is 83.0 Å². The van der Waals surface area contributed by atoms with Gasteiger partial charge in [0, 0.05) is 54.0 Å². The van der Waals surface area contributed by atoms with Crippen molar-refractivity contribution in [1.29, 1.82) is 0 Å². The highest BCUT2D eigenvalue weighted by Crippen LogP contribution is 2.58. The summed E-state index contributed by atoms with van der Waals surface area (Å²) in [7, 11) is 0. The van der Waals surface area contributed by atoms with Crippen LogP contribution in [0.3, 0.4) is 0 Å². The Bertz CT molecular complexity index is 1920. The maximum atomic E-state index is 5.89. The van der Waals surface area contributed by atoms with Crippen LogP contribution in [0.5, 0.6) is 0 Å². The van der Waals surface area contributed by atoms with Gasteiger partial charge in [-0.25, -0.2) is 0 Å². The van der Waals surface area contributed by atoms with Gasteiger partial charge >= 0.3 is 0 Å². The zero-order valence-electron chi connectivity index (χ0n) is 23.4. The highest BCUT2D eigenvalue weighted by molar-refractivity contribution is 7.84. The van der Waals surface area contributed by atoms with Gasteiger partial charge in [-0.15, -0.1) is 22.7 Å².